The molecule has 1 fully saturated rings. The average Bonchev–Trinajstić information content (AvgIpc) is 2.91. The Labute approximate surface area is 144 Å². The molecule has 2 rings (SSSR count). The quantitative estimate of drug-likeness (QED) is 0.761. The van der Waals surface area contributed by atoms with Crippen molar-refractivity contribution < 1.29 is 24.2 Å². The number of aliphatic carboxylic acids is 1. The molecular weight excluding hydrogens is 332 g/mol. The highest BCUT2D eigenvalue weighted by Gasteiger charge is 2.33. The molecule has 2 amide bonds. The maximum atomic E-state index is 12.3. The van der Waals surface area contributed by atoms with E-state index in [0.29, 0.717) is 22.9 Å². The summed E-state index contributed by atoms with van der Waals surface area (Å²) in [4.78, 5) is 36.7. The van der Waals surface area contributed by atoms with Gasteiger partial charge in [0.2, 0.25) is 11.8 Å². The number of carboxylic acids is 1. The zero-order valence-electron chi connectivity index (χ0n) is 13.6. The second kappa shape index (κ2) is 7.57. The third kappa shape index (κ3) is 4.41. The van der Waals surface area contributed by atoms with E-state index in [0.717, 1.165) is 0 Å². The Bertz CT molecular complexity index is 651. The molecule has 130 valence electrons. The molecule has 1 aliphatic heterocycles. The van der Waals surface area contributed by atoms with Gasteiger partial charge in [0.25, 0.3) is 0 Å². The van der Waals surface area contributed by atoms with Gasteiger partial charge in [-0.2, -0.15) is 0 Å². The predicted octanol–water partition coefficient (Wildman–Crippen LogP) is 1.03. The van der Waals surface area contributed by atoms with Crippen molar-refractivity contribution in [1.82, 2.24) is 10.2 Å². The first-order valence-electron chi connectivity index (χ1n) is 7.37. The molecule has 7 nitrogen and oxygen atoms in total. The Balaban J connectivity index is 2.18. The van der Waals surface area contributed by atoms with Crippen LogP contribution in [-0.2, 0) is 19.9 Å². The summed E-state index contributed by atoms with van der Waals surface area (Å²) in [7, 11) is 1.52. The van der Waals surface area contributed by atoms with Gasteiger partial charge in [-0.1, -0.05) is 12.1 Å². The van der Waals surface area contributed by atoms with Crippen LogP contribution in [0.4, 0.5) is 0 Å². The van der Waals surface area contributed by atoms with Crippen LogP contribution in [0.25, 0.3) is 0 Å². The molecule has 1 aromatic carbocycles. The molecule has 1 heterocycles. The van der Waals surface area contributed by atoms with Crippen LogP contribution in [0.15, 0.2) is 24.3 Å². The summed E-state index contributed by atoms with van der Waals surface area (Å²) in [5.41, 5.74) is -0.479. The molecule has 1 saturated heterocycles. The van der Waals surface area contributed by atoms with Crippen LogP contribution in [0.3, 0.4) is 0 Å². The highest BCUT2D eigenvalue weighted by Crippen LogP contribution is 2.28. The van der Waals surface area contributed by atoms with Crippen LogP contribution in [0, 0.1) is 0 Å². The molecule has 1 unspecified atom stereocenters. The molecule has 0 aromatic heterocycles. The number of nitrogens with one attached hydrogen (secondary N) is 1. The van der Waals surface area contributed by atoms with Gasteiger partial charge in [0.15, 0.2) is 0 Å². The van der Waals surface area contributed by atoms with E-state index in [1.165, 1.54) is 23.8 Å². The van der Waals surface area contributed by atoms with Gasteiger partial charge in [-0.15, -0.1) is 11.8 Å². The van der Waals surface area contributed by atoms with Crippen LogP contribution in [-0.4, -0.2) is 53.1 Å². The Morgan fingerprint density at radius 3 is 2.79 bits per heavy atom. The lowest BCUT2D eigenvalue weighted by Crippen LogP contribution is -2.49. The summed E-state index contributed by atoms with van der Waals surface area (Å²) < 4.78 is 5.17. The molecule has 0 bridgehead atoms. The number of hydrogen-bond donors (Lipinski definition) is 2. The summed E-state index contributed by atoms with van der Waals surface area (Å²) in [6.07, 6.45) is -0.283. The highest BCUT2D eigenvalue weighted by molar-refractivity contribution is 8.00. The summed E-state index contributed by atoms with van der Waals surface area (Å²) in [6, 6.07) is 6.91. The zero-order valence-corrected chi connectivity index (χ0v) is 14.4. The first-order chi connectivity index (χ1) is 11.3. The smallest absolute Gasteiger partial charge is 0.306 e. The summed E-state index contributed by atoms with van der Waals surface area (Å²) in [5, 5.41) is 12.0. The number of benzene rings is 1. The number of hydrogen-bond acceptors (Lipinski definition) is 5. The number of methoxy groups -OCH3 is 1. The Hall–Kier alpha value is -2.22. The molecule has 0 radical (unpaired) electrons. The molecule has 0 aliphatic carbocycles. The van der Waals surface area contributed by atoms with Gasteiger partial charge in [0.05, 0.1) is 30.7 Å². The van der Waals surface area contributed by atoms with Crippen LogP contribution < -0.4 is 10.1 Å². The standard InChI is InChI=1S/C16H20N2O5S/c1-16(7-15(21)22,11-4-3-5-12(6-11)23-2)17-13(19)8-18-10-24-9-14(18)20/h3-6H,7-10H2,1-2H3,(H,17,19)(H,21,22). The number of thioether (sulfide) groups is 1. The summed E-state index contributed by atoms with van der Waals surface area (Å²) in [6.45, 7) is 1.57. The molecule has 1 aliphatic rings. The van der Waals surface area contributed by atoms with Gasteiger partial charge >= 0.3 is 5.97 Å². The Morgan fingerprint density at radius 2 is 2.21 bits per heavy atom. The third-order valence-electron chi connectivity index (χ3n) is 3.79. The van der Waals surface area contributed by atoms with E-state index in [4.69, 9.17) is 4.74 Å². The lowest BCUT2D eigenvalue weighted by molar-refractivity contribution is -0.139. The maximum Gasteiger partial charge on any atom is 0.306 e. The third-order valence-corrected chi connectivity index (χ3v) is 4.73. The fraction of sp³-hybridized carbons (Fsp3) is 0.438. The van der Waals surface area contributed by atoms with E-state index in [9.17, 15) is 19.5 Å². The van der Waals surface area contributed by atoms with Crippen molar-refractivity contribution in [2.45, 2.75) is 18.9 Å². The van der Waals surface area contributed by atoms with Gasteiger partial charge in [-0.3, -0.25) is 14.4 Å². The second-order valence-electron chi connectivity index (χ2n) is 5.75. The second-order valence-corrected chi connectivity index (χ2v) is 6.71. The van der Waals surface area contributed by atoms with E-state index in [1.807, 2.05) is 0 Å². The van der Waals surface area contributed by atoms with Crippen molar-refractivity contribution >= 4 is 29.5 Å². The molecule has 0 spiro atoms. The van der Waals surface area contributed by atoms with E-state index in [-0.39, 0.29) is 18.9 Å². The van der Waals surface area contributed by atoms with Crippen molar-refractivity contribution in [3.63, 3.8) is 0 Å². The Morgan fingerprint density at radius 1 is 1.46 bits per heavy atom. The van der Waals surface area contributed by atoms with Crippen LogP contribution in [0.1, 0.15) is 18.9 Å². The number of ether oxygens (including phenoxy) is 1. The fourth-order valence-electron chi connectivity index (χ4n) is 2.55. The number of carbonyl (C=O) groups is 3. The lowest BCUT2D eigenvalue weighted by atomic mass is 9.88. The molecule has 2 N–H and O–H groups in total. The van der Waals surface area contributed by atoms with Crippen LogP contribution >= 0.6 is 11.8 Å². The van der Waals surface area contributed by atoms with Crippen molar-refractivity contribution in [2.75, 3.05) is 25.3 Å². The van der Waals surface area contributed by atoms with Gasteiger partial charge in [-0.25, -0.2) is 0 Å². The van der Waals surface area contributed by atoms with E-state index < -0.39 is 17.4 Å². The molecule has 24 heavy (non-hydrogen) atoms. The van der Waals surface area contributed by atoms with E-state index >= 15 is 0 Å². The minimum absolute atomic E-state index is 0.0784. The monoisotopic (exact) mass is 352 g/mol. The highest BCUT2D eigenvalue weighted by atomic mass is 32.2. The number of nitrogens with zero attached hydrogens (tertiary/aromatic N) is 1. The molecule has 1 atom stereocenters. The predicted molar refractivity (Wildman–Crippen MR) is 89.8 cm³/mol. The lowest BCUT2D eigenvalue weighted by Gasteiger charge is -2.31. The van der Waals surface area contributed by atoms with Gasteiger partial charge < -0.3 is 20.1 Å². The molecule has 1 aromatic rings. The number of rotatable bonds is 7. The molecule has 0 saturated carbocycles. The SMILES string of the molecule is COc1cccc(C(C)(CC(=O)O)NC(=O)CN2CSCC2=O)c1. The largest absolute Gasteiger partial charge is 0.497 e. The van der Waals surface area contributed by atoms with Crippen molar-refractivity contribution in [1.29, 1.82) is 0 Å². The van der Waals surface area contributed by atoms with Gasteiger partial charge in [-0.05, 0) is 24.6 Å². The number of carbonyl (C=O) groups excluding carboxylic acids is 2. The van der Waals surface area contributed by atoms with E-state index in [1.54, 1.807) is 31.2 Å². The fourth-order valence-corrected chi connectivity index (χ4v) is 3.45. The first-order valence-corrected chi connectivity index (χ1v) is 8.52. The van der Waals surface area contributed by atoms with Crippen LogP contribution in [0.2, 0.25) is 0 Å². The van der Waals surface area contributed by atoms with Gasteiger partial charge in [0, 0.05) is 0 Å². The molecule has 8 heteroatoms. The average molecular weight is 352 g/mol. The Kier molecular flexibility index (Phi) is 5.71. The number of carboxylic acid groups (broad SMARTS) is 1. The maximum absolute atomic E-state index is 12.3. The summed E-state index contributed by atoms with van der Waals surface area (Å²) >= 11 is 1.45. The van der Waals surface area contributed by atoms with E-state index in [2.05, 4.69) is 5.32 Å². The normalized spacial score (nSPS) is 16.6. The van der Waals surface area contributed by atoms with Crippen molar-refractivity contribution in [3.8, 4) is 5.75 Å². The minimum Gasteiger partial charge on any atom is -0.497 e. The first kappa shape index (κ1) is 18.1. The van der Waals surface area contributed by atoms with Crippen molar-refractivity contribution in [2.24, 2.45) is 0 Å². The topological polar surface area (TPSA) is 95.9 Å². The summed E-state index contributed by atoms with van der Waals surface area (Å²) in [5.74, 6) is -0.0943. The number of amides is 2. The van der Waals surface area contributed by atoms with Crippen molar-refractivity contribution in [3.05, 3.63) is 29.8 Å². The zero-order chi connectivity index (χ0) is 17.7. The van der Waals surface area contributed by atoms with Crippen LogP contribution in [0.5, 0.6) is 5.75 Å². The molecular formula is C16H20N2O5S. The minimum atomic E-state index is -1.10. The van der Waals surface area contributed by atoms with Gasteiger partial charge in [0.1, 0.15) is 12.3 Å².